The van der Waals surface area contributed by atoms with E-state index in [-0.39, 0.29) is 12.3 Å². The van der Waals surface area contributed by atoms with E-state index in [0.717, 1.165) is 11.1 Å². The molecular weight excluding hydrogens is 162 g/mol. The smallest absolute Gasteiger partial charge is 0.253 e. The van der Waals surface area contributed by atoms with Crippen LogP contribution in [0.15, 0.2) is 24.3 Å². The Hall–Kier alpha value is -1.31. The predicted molar refractivity (Wildman–Crippen MR) is 51.7 cm³/mol. The van der Waals surface area contributed by atoms with Crippen LogP contribution in [0.3, 0.4) is 0 Å². The van der Waals surface area contributed by atoms with E-state index in [2.05, 4.69) is 0 Å². The van der Waals surface area contributed by atoms with Crippen molar-refractivity contribution in [2.75, 3.05) is 13.1 Å². The van der Waals surface area contributed by atoms with Gasteiger partial charge in [-0.3, -0.25) is 4.79 Å². The highest BCUT2D eigenvalue weighted by Gasteiger charge is 2.20. The van der Waals surface area contributed by atoms with Gasteiger partial charge in [0.15, 0.2) is 0 Å². The molecule has 2 nitrogen and oxygen atoms in total. The lowest BCUT2D eigenvalue weighted by molar-refractivity contribution is 0.0652. The summed E-state index contributed by atoms with van der Waals surface area (Å²) in [6.45, 7) is 3.15. The largest absolute Gasteiger partial charge is 0.339 e. The molecule has 0 saturated carbocycles. The third-order valence-corrected chi connectivity index (χ3v) is 2.28. The highest BCUT2D eigenvalue weighted by atomic mass is 16.2. The Morgan fingerprint density at radius 3 is 2.54 bits per heavy atom. The second-order valence-electron chi connectivity index (χ2n) is 3.36. The number of carbonyl (C=O) groups excluding carboxylic acids is 1. The first-order valence-electron chi connectivity index (χ1n) is 5.03. The quantitative estimate of drug-likeness (QED) is 0.641. The monoisotopic (exact) mass is 177 g/mol. The fraction of sp³-hybridized carbons (Fsp3) is 0.364. The van der Waals surface area contributed by atoms with Crippen LogP contribution in [0.25, 0.3) is 0 Å². The second kappa shape index (κ2) is 3.21. The zero-order chi connectivity index (χ0) is 10.1. The summed E-state index contributed by atoms with van der Waals surface area (Å²) in [5.74, 6) is 0.0495. The molecule has 0 aromatic heterocycles. The van der Waals surface area contributed by atoms with Crippen molar-refractivity contribution in [3.05, 3.63) is 35.4 Å². The third kappa shape index (κ3) is 1.57. The summed E-state index contributed by atoms with van der Waals surface area (Å²) in [4.78, 5) is 13.4. The Kier molecular flexibility index (Phi) is 1.76. The van der Waals surface area contributed by atoms with Gasteiger partial charge in [0.05, 0.1) is 0 Å². The molecule has 13 heavy (non-hydrogen) atoms. The Bertz CT molecular complexity index is 341. The van der Waals surface area contributed by atoms with Crippen LogP contribution in [0.4, 0.5) is 0 Å². The first-order chi connectivity index (χ1) is 6.66. The molecule has 1 amide bonds. The average Bonchev–Trinajstić information content (AvgIpc) is 2.13. The number of rotatable bonds is 1. The molecule has 0 aliphatic carbocycles. The van der Waals surface area contributed by atoms with E-state index in [1.165, 1.54) is 0 Å². The molecule has 2 heteroatoms. The highest BCUT2D eigenvalue weighted by Crippen LogP contribution is 2.12. The van der Waals surface area contributed by atoms with Crippen molar-refractivity contribution < 1.29 is 6.17 Å². The van der Waals surface area contributed by atoms with Gasteiger partial charge in [0, 0.05) is 20.0 Å². The van der Waals surface area contributed by atoms with Crippen molar-refractivity contribution in [3.8, 4) is 0 Å². The fourth-order valence-corrected chi connectivity index (χ4v) is 1.30. The van der Waals surface area contributed by atoms with E-state index in [9.17, 15) is 4.79 Å². The normalized spacial score (nSPS) is 17.9. The number of amides is 1. The van der Waals surface area contributed by atoms with Gasteiger partial charge in [-0.1, -0.05) is 17.7 Å². The van der Waals surface area contributed by atoms with E-state index in [1.807, 2.05) is 31.2 Å². The lowest BCUT2D eigenvalue weighted by Gasteiger charge is -2.30. The molecule has 0 radical (unpaired) electrons. The van der Waals surface area contributed by atoms with Gasteiger partial charge in [0.1, 0.15) is 0 Å². The minimum Gasteiger partial charge on any atom is -0.339 e. The summed E-state index contributed by atoms with van der Waals surface area (Å²) in [5.41, 5.74) is 1.88. The van der Waals surface area contributed by atoms with Gasteiger partial charge in [-0.2, -0.15) is 0 Å². The number of hydrogen-bond donors (Lipinski definition) is 0. The zero-order valence-electron chi connectivity index (χ0n) is 8.66. The summed E-state index contributed by atoms with van der Waals surface area (Å²) in [6.07, 6.45) is -0.0793. The molecule has 1 aliphatic rings. The maximum Gasteiger partial charge on any atom is 0.253 e. The van der Waals surface area contributed by atoms with Crippen molar-refractivity contribution in [2.24, 2.45) is 0 Å². The van der Waals surface area contributed by atoms with Crippen LogP contribution in [0.1, 0.15) is 23.7 Å². The lowest BCUT2D eigenvalue weighted by atomic mass is 10.1. The Morgan fingerprint density at radius 2 is 2.00 bits per heavy atom. The maximum atomic E-state index is 11.7. The topological polar surface area (TPSA) is 20.3 Å². The van der Waals surface area contributed by atoms with Crippen LogP contribution < -0.4 is 0 Å². The summed E-state index contributed by atoms with van der Waals surface area (Å²) in [6, 6.07) is 7.56. The van der Waals surface area contributed by atoms with Gasteiger partial charge < -0.3 is 4.90 Å². The van der Waals surface area contributed by atoms with E-state index in [4.69, 9.17) is 1.37 Å². The summed E-state index contributed by atoms with van der Waals surface area (Å²) in [5, 5.41) is 0. The molecule has 0 N–H and O–H groups in total. The third-order valence-electron chi connectivity index (χ3n) is 2.28. The molecule has 0 spiro atoms. The molecule has 68 valence electrons. The van der Waals surface area contributed by atoms with Crippen LogP contribution >= 0.6 is 0 Å². The van der Waals surface area contributed by atoms with E-state index < -0.39 is 0 Å². The lowest BCUT2D eigenvalue weighted by Crippen LogP contribution is -2.41. The van der Waals surface area contributed by atoms with E-state index >= 15 is 0 Å². The van der Waals surface area contributed by atoms with Gasteiger partial charge in [0.2, 0.25) is 0 Å². The first kappa shape index (κ1) is 7.13. The minimum atomic E-state index is -0.0793. The molecule has 0 unspecified atom stereocenters. The molecule has 1 heterocycles. The van der Waals surface area contributed by atoms with Crippen LogP contribution in [-0.4, -0.2) is 23.9 Å². The molecule has 1 fully saturated rings. The molecule has 1 aromatic carbocycles. The molecule has 0 atom stereocenters. The van der Waals surface area contributed by atoms with E-state index in [1.54, 1.807) is 4.90 Å². The first-order valence-corrected chi connectivity index (χ1v) is 4.45. The number of carbonyl (C=O) groups is 1. The molecule has 1 saturated heterocycles. The van der Waals surface area contributed by atoms with Crippen molar-refractivity contribution in [1.82, 2.24) is 4.90 Å². The highest BCUT2D eigenvalue weighted by molar-refractivity contribution is 5.94. The molecule has 1 aliphatic heterocycles. The van der Waals surface area contributed by atoms with Crippen molar-refractivity contribution in [1.29, 1.82) is 0 Å². The Balaban J connectivity index is 2.08. The standard InChI is InChI=1S/C11H13NO/c1-9-3-5-10(6-4-9)11(13)12-7-2-8-12/h3-6H,2,7-8H2,1H3/i2T. The predicted octanol–water partition coefficient (Wildman–Crippen LogP) is 1.84. The van der Waals surface area contributed by atoms with Crippen LogP contribution in [-0.2, 0) is 0 Å². The Morgan fingerprint density at radius 1 is 1.38 bits per heavy atom. The average molecular weight is 177 g/mol. The van der Waals surface area contributed by atoms with Gasteiger partial charge in [-0.15, -0.1) is 0 Å². The maximum absolute atomic E-state index is 11.7. The number of benzene rings is 1. The second-order valence-corrected chi connectivity index (χ2v) is 3.36. The zero-order valence-corrected chi connectivity index (χ0v) is 7.66. The van der Waals surface area contributed by atoms with Crippen molar-refractivity contribution in [3.63, 3.8) is 0 Å². The van der Waals surface area contributed by atoms with Crippen LogP contribution in [0, 0.1) is 6.92 Å². The number of hydrogen-bond acceptors (Lipinski definition) is 1. The van der Waals surface area contributed by atoms with Gasteiger partial charge >= 0.3 is 0 Å². The molecule has 1 aromatic rings. The SMILES string of the molecule is [3H]C1CN(C(=O)c2ccc(C)cc2)C1. The molecule has 0 bridgehead atoms. The molecule has 2 rings (SSSR count). The summed E-state index contributed by atoms with van der Waals surface area (Å²) in [7, 11) is 0. The summed E-state index contributed by atoms with van der Waals surface area (Å²) >= 11 is 0. The van der Waals surface area contributed by atoms with E-state index in [0.29, 0.717) is 13.1 Å². The molecular formula is C11H13NO. The van der Waals surface area contributed by atoms with Crippen molar-refractivity contribution >= 4 is 5.91 Å². The number of likely N-dealkylation sites (tertiary alicyclic amines) is 1. The van der Waals surface area contributed by atoms with Crippen molar-refractivity contribution in [2.45, 2.75) is 13.3 Å². The van der Waals surface area contributed by atoms with Gasteiger partial charge in [0.25, 0.3) is 5.91 Å². The number of aryl methyl sites for hydroxylation is 1. The van der Waals surface area contributed by atoms with Gasteiger partial charge in [-0.25, -0.2) is 0 Å². The van der Waals surface area contributed by atoms with Crippen LogP contribution in [0.2, 0.25) is 0 Å². The minimum absolute atomic E-state index is 0.0495. The number of nitrogens with zero attached hydrogens (tertiary/aromatic N) is 1. The van der Waals surface area contributed by atoms with Crippen LogP contribution in [0.5, 0.6) is 0 Å². The van der Waals surface area contributed by atoms with Gasteiger partial charge in [-0.05, 0) is 25.5 Å². The Labute approximate surface area is 79.6 Å². The fourth-order valence-electron chi connectivity index (χ4n) is 1.30. The summed E-state index contributed by atoms with van der Waals surface area (Å²) < 4.78 is 7.34.